The van der Waals surface area contributed by atoms with Crippen LogP contribution in [0.3, 0.4) is 0 Å². The van der Waals surface area contributed by atoms with E-state index in [0.717, 1.165) is 20.3 Å². The number of pyridine rings is 1. The third kappa shape index (κ3) is 3.88. The van der Waals surface area contributed by atoms with E-state index >= 15 is 0 Å². The van der Waals surface area contributed by atoms with Gasteiger partial charge in [-0.25, -0.2) is 9.78 Å². The molecular weight excluding hydrogens is 291 g/mol. The maximum atomic E-state index is 12.2. The number of hydrogen-bond donors (Lipinski definition) is 0. The van der Waals surface area contributed by atoms with E-state index in [0.29, 0.717) is 0 Å². The molecule has 106 valence electrons. The van der Waals surface area contributed by atoms with Gasteiger partial charge in [-0.2, -0.15) is 0 Å². The smallest absolute Gasteiger partial charge is 0.491 e. The van der Waals surface area contributed by atoms with E-state index in [1.807, 2.05) is 0 Å². The average molecular weight is 300 g/mol. The maximum Gasteiger partial charge on any atom is 0.574 e. The number of esters is 1. The summed E-state index contributed by atoms with van der Waals surface area (Å²) in [4.78, 5) is 14.9. The van der Waals surface area contributed by atoms with Crippen LogP contribution in [0.5, 0.6) is 11.6 Å². The third-order valence-electron chi connectivity index (χ3n) is 2.00. The molecule has 1 rings (SSSR count). The van der Waals surface area contributed by atoms with Gasteiger partial charge in [-0.15, -0.1) is 24.8 Å². The van der Waals surface area contributed by atoms with Crippen LogP contribution in [-0.4, -0.2) is 31.5 Å². The number of carbonyl (C=O) groups is 1. The van der Waals surface area contributed by atoms with Gasteiger partial charge in [-0.05, 0) is 0 Å². The normalized spacial score (nSPS) is 11.1. The molecule has 0 N–H and O–H groups in total. The Balaban J connectivity index is 3.31. The minimum Gasteiger partial charge on any atom is -0.491 e. The molecule has 0 unspecified atom stereocenters. The standard InChI is InChI=1S/C10H9ClF3NO4/c1-17-7-3-5(9(16)18-2)6(4-11)15-8(7)19-10(12,13)14/h3H,4H2,1-2H3. The molecular formula is C10H9ClF3NO4. The van der Waals surface area contributed by atoms with E-state index in [9.17, 15) is 18.0 Å². The lowest BCUT2D eigenvalue weighted by atomic mass is 10.2. The quantitative estimate of drug-likeness (QED) is 0.631. The van der Waals surface area contributed by atoms with Gasteiger partial charge in [0, 0.05) is 6.07 Å². The molecule has 0 saturated carbocycles. The first-order chi connectivity index (χ1) is 8.82. The van der Waals surface area contributed by atoms with Crippen molar-refractivity contribution in [1.82, 2.24) is 4.98 Å². The highest BCUT2D eigenvalue weighted by Gasteiger charge is 2.34. The number of halogens is 4. The second kappa shape index (κ2) is 5.96. The Morgan fingerprint density at radius 1 is 1.42 bits per heavy atom. The van der Waals surface area contributed by atoms with Crippen LogP contribution in [0.25, 0.3) is 0 Å². The van der Waals surface area contributed by atoms with Crippen molar-refractivity contribution in [3.05, 3.63) is 17.3 Å². The SMILES string of the molecule is COC(=O)c1cc(OC)c(OC(F)(F)F)nc1CCl. The summed E-state index contributed by atoms with van der Waals surface area (Å²) in [6.07, 6.45) is -4.93. The Morgan fingerprint density at radius 3 is 2.47 bits per heavy atom. The molecule has 5 nitrogen and oxygen atoms in total. The van der Waals surface area contributed by atoms with Gasteiger partial charge >= 0.3 is 12.3 Å². The summed E-state index contributed by atoms with van der Waals surface area (Å²) < 4.78 is 49.4. The number of carbonyl (C=O) groups excluding carboxylic acids is 1. The summed E-state index contributed by atoms with van der Waals surface area (Å²) >= 11 is 5.52. The van der Waals surface area contributed by atoms with Crippen molar-refractivity contribution in [2.24, 2.45) is 0 Å². The van der Waals surface area contributed by atoms with Gasteiger partial charge < -0.3 is 14.2 Å². The van der Waals surface area contributed by atoms with E-state index in [2.05, 4.69) is 19.2 Å². The zero-order valence-corrected chi connectivity index (χ0v) is 10.6. The molecule has 0 radical (unpaired) electrons. The molecule has 19 heavy (non-hydrogen) atoms. The van der Waals surface area contributed by atoms with E-state index in [-0.39, 0.29) is 22.9 Å². The minimum atomic E-state index is -4.93. The first-order valence-electron chi connectivity index (χ1n) is 4.80. The van der Waals surface area contributed by atoms with E-state index < -0.39 is 18.2 Å². The summed E-state index contributed by atoms with van der Waals surface area (Å²) in [6, 6.07) is 1.03. The second-order valence-electron chi connectivity index (χ2n) is 3.16. The molecule has 0 aliphatic heterocycles. The highest BCUT2D eigenvalue weighted by Crippen LogP contribution is 2.32. The van der Waals surface area contributed by atoms with Gasteiger partial charge in [0.15, 0.2) is 5.75 Å². The average Bonchev–Trinajstić information content (AvgIpc) is 2.35. The fourth-order valence-corrected chi connectivity index (χ4v) is 1.44. The third-order valence-corrected chi connectivity index (χ3v) is 2.25. The molecule has 0 aliphatic rings. The van der Waals surface area contributed by atoms with Crippen molar-refractivity contribution in [2.75, 3.05) is 14.2 Å². The summed E-state index contributed by atoms with van der Waals surface area (Å²) in [5.74, 6) is -2.26. The van der Waals surface area contributed by atoms with Crippen molar-refractivity contribution in [2.45, 2.75) is 12.2 Å². The first-order valence-corrected chi connectivity index (χ1v) is 5.33. The Bertz CT molecular complexity index is 479. The first kappa shape index (κ1) is 15.4. The molecule has 0 atom stereocenters. The van der Waals surface area contributed by atoms with Crippen molar-refractivity contribution in [3.63, 3.8) is 0 Å². The zero-order chi connectivity index (χ0) is 14.6. The van der Waals surface area contributed by atoms with Gasteiger partial charge in [0.2, 0.25) is 0 Å². The van der Waals surface area contributed by atoms with Crippen molar-refractivity contribution >= 4 is 17.6 Å². The molecule has 0 saturated heterocycles. The fraction of sp³-hybridized carbons (Fsp3) is 0.400. The molecule has 0 aliphatic carbocycles. The van der Waals surface area contributed by atoms with Crippen LogP contribution in [0.1, 0.15) is 16.1 Å². The molecule has 0 fully saturated rings. The number of aromatic nitrogens is 1. The van der Waals surface area contributed by atoms with Crippen LogP contribution in [0, 0.1) is 0 Å². The number of alkyl halides is 4. The highest BCUT2D eigenvalue weighted by atomic mass is 35.5. The van der Waals surface area contributed by atoms with Gasteiger partial charge in [-0.1, -0.05) is 0 Å². The van der Waals surface area contributed by atoms with Crippen molar-refractivity contribution in [1.29, 1.82) is 0 Å². The van der Waals surface area contributed by atoms with E-state index in [4.69, 9.17) is 11.6 Å². The van der Waals surface area contributed by atoms with Gasteiger partial charge in [0.05, 0.1) is 31.4 Å². The molecule has 0 aromatic carbocycles. The number of hydrogen-bond acceptors (Lipinski definition) is 5. The zero-order valence-electron chi connectivity index (χ0n) is 9.88. The number of ether oxygens (including phenoxy) is 3. The molecule has 0 spiro atoms. The number of methoxy groups -OCH3 is 2. The van der Waals surface area contributed by atoms with Gasteiger partial charge in [-0.3, -0.25) is 0 Å². The van der Waals surface area contributed by atoms with E-state index in [1.165, 1.54) is 0 Å². The van der Waals surface area contributed by atoms with Gasteiger partial charge in [0.25, 0.3) is 5.88 Å². The van der Waals surface area contributed by atoms with Crippen LogP contribution >= 0.6 is 11.6 Å². The lowest BCUT2D eigenvalue weighted by Crippen LogP contribution is -2.19. The molecule has 9 heteroatoms. The molecule has 1 aromatic rings. The van der Waals surface area contributed by atoms with Crippen LogP contribution < -0.4 is 9.47 Å². The number of rotatable bonds is 4. The summed E-state index contributed by atoms with van der Waals surface area (Å²) in [5, 5.41) is 0. The predicted octanol–water partition coefficient (Wildman–Crippen LogP) is 2.51. The minimum absolute atomic E-state index is 0.0936. The van der Waals surface area contributed by atoms with Gasteiger partial charge in [0.1, 0.15) is 0 Å². The predicted molar refractivity (Wildman–Crippen MR) is 58.4 cm³/mol. The largest absolute Gasteiger partial charge is 0.574 e. The lowest BCUT2D eigenvalue weighted by Gasteiger charge is -2.14. The topological polar surface area (TPSA) is 57.7 Å². The second-order valence-corrected chi connectivity index (χ2v) is 3.43. The van der Waals surface area contributed by atoms with Crippen LogP contribution in [0.15, 0.2) is 6.07 Å². The maximum absolute atomic E-state index is 12.2. The summed E-state index contributed by atoms with van der Waals surface area (Å²) in [7, 11) is 2.23. The fourth-order valence-electron chi connectivity index (χ4n) is 1.23. The summed E-state index contributed by atoms with van der Waals surface area (Å²) in [5.41, 5.74) is -0.197. The Labute approximate surface area is 111 Å². The highest BCUT2D eigenvalue weighted by molar-refractivity contribution is 6.17. The molecule has 1 aromatic heterocycles. The van der Waals surface area contributed by atoms with Crippen LogP contribution in [-0.2, 0) is 10.6 Å². The van der Waals surface area contributed by atoms with Crippen LogP contribution in [0.4, 0.5) is 13.2 Å². The number of nitrogens with zero attached hydrogens (tertiary/aromatic N) is 1. The lowest BCUT2D eigenvalue weighted by molar-refractivity contribution is -0.276. The van der Waals surface area contributed by atoms with E-state index in [1.54, 1.807) is 0 Å². The molecule has 0 amide bonds. The Hall–Kier alpha value is -1.70. The van der Waals surface area contributed by atoms with Crippen molar-refractivity contribution in [3.8, 4) is 11.6 Å². The molecule has 1 heterocycles. The van der Waals surface area contributed by atoms with Crippen LogP contribution in [0.2, 0.25) is 0 Å². The van der Waals surface area contributed by atoms with Crippen molar-refractivity contribution < 1.29 is 32.2 Å². The Kier molecular flexibility index (Phi) is 4.82. The molecule has 0 bridgehead atoms. The monoisotopic (exact) mass is 299 g/mol. The Morgan fingerprint density at radius 2 is 2.05 bits per heavy atom. The summed E-state index contributed by atoms with van der Waals surface area (Å²) in [6.45, 7) is 0.